The molecule has 0 aromatic heterocycles. The molecule has 2 heterocycles. The van der Waals surface area contributed by atoms with E-state index in [4.69, 9.17) is 36.0 Å². The Kier molecular flexibility index (Phi) is 6.20. The summed E-state index contributed by atoms with van der Waals surface area (Å²) in [5.41, 5.74) is 0. The van der Waals surface area contributed by atoms with Gasteiger partial charge in [-0.3, -0.25) is 0 Å². The molecule has 2 aliphatic heterocycles. The maximum absolute atomic E-state index is 10.1. The smallest absolute Gasteiger partial charge is 0.219 e. The van der Waals surface area contributed by atoms with Gasteiger partial charge in [-0.15, -0.1) is 11.6 Å². The average Bonchev–Trinajstić information content (AvgIpc) is 2.76. The molecule has 0 spiro atoms. The Morgan fingerprint density at radius 2 is 1.57 bits per heavy atom. The van der Waals surface area contributed by atoms with Crippen molar-refractivity contribution in [2.75, 3.05) is 19.8 Å². The normalized spacial score (nSPS) is 51.1. The number of aliphatic hydroxyl groups excluding tert-OH is 6. The minimum Gasteiger partial charge on any atom is -0.394 e. The van der Waals surface area contributed by atoms with E-state index in [0.29, 0.717) is 0 Å². The molecular formula is C12H21ClO10. The van der Waals surface area contributed by atoms with Crippen LogP contribution in [0.1, 0.15) is 0 Å². The van der Waals surface area contributed by atoms with Crippen LogP contribution in [-0.2, 0) is 14.2 Å². The van der Waals surface area contributed by atoms with E-state index < -0.39 is 73.9 Å². The monoisotopic (exact) mass is 360 g/mol. The molecule has 0 unspecified atom stereocenters. The fourth-order valence-electron chi connectivity index (χ4n) is 2.52. The minimum atomic E-state index is -2.34. The molecule has 2 fully saturated rings. The zero-order valence-electron chi connectivity index (χ0n) is 12.0. The number of ether oxygens (including phenoxy) is 3. The Morgan fingerprint density at radius 1 is 0.957 bits per heavy atom. The first-order chi connectivity index (χ1) is 10.7. The summed E-state index contributed by atoms with van der Waals surface area (Å²) in [5.74, 6) is -2.34. The fourth-order valence-corrected chi connectivity index (χ4v) is 2.80. The minimum absolute atomic E-state index is 0.535. The van der Waals surface area contributed by atoms with Gasteiger partial charge in [0.2, 0.25) is 5.79 Å². The molecule has 0 radical (unpaired) electrons. The molecule has 0 amide bonds. The number of alkyl halides is 1. The Hall–Kier alpha value is -0.110. The molecule has 0 aromatic carbocycles. The van der Waals surface area contributed by atoms with E-state index in [1.807, 2.05) is 0 Å². The largest absolute Gasteiger partial charge is 0.394 e. The summed E-state index contributed by atoms with van der Waals surface area (Å²) in [6, 6.07) is 0. The Balaban J connectivity index is 1.99. The van der Waals surface area contributed by atoms with Crippen LogP contribution in [0, 0.1) is 0 Å². The Bertz CT molecular complexity index is 398. The van der Waals surface area contributed by atoms with Crippen molar-refractivity contribution in [3.05, 3.63) is 0 Å². The lowest BCUT2D eigenvalue weighted by molar-refractivity contribution is -0.315. The first kappa shape index (κ1) is 19.2. The number of hydrogen-bond acceptors (Lipinski definition) is 10. The summed E-state index contributed by atoms with van der Waals surface area (Å²) >= 11 is 5.80. The predicted octanol–water partition coefficient (Wildman–Crippen LogP) is -4.15. The third kappa shape index (κ3) is 3.62. The maximum atomic E-state index is 10.1. The molecule has 0 aliphatic carbocycles. The molecule has 9 atom stereocenters. The highest BCUT2D eigenvalue weighted by Gasteiger charge is 2.54. The predicted molar refractivity (Wildman–Crippen MR) is 72.3 cm³/mol. The van der Waals surface area contributed by atoms with Crippen molar-refractivity contribution in [1.29, 1.82) is 0 Å². The standard InChI is InChI=1S/C12H21ClO10/c13-6-4(1-14)22-11(9(18)8(6)17)21-3-12(20)10(19)7(16)5(2-15)23-12/h4-11,14-20H,1-3H2/t4-,5-,6+,7-,8+,9-,10+,11-,12-/m1/s1. The molecule has 23 heavy (non-hydrogen) atoms. The summed E-state index contributed by atoms with van der Waals surface area (Å²) in [6.45, 7) is -1.91. The molecule has 10 nitrogen and oxygen atoms in total. The quantitative estimate of drug-likeness (QED) is 0.239. The number of hydrogen-bond donors (Lipinski definition) is 7. The van der Waals surface area contributed by atoms with Gasteiger partial charge in [-0.2, -0.15) is 0 Å². The van der Waals surface area contributed by atoms with E-state index >= 15 is 0 Å². The van der Waals surface area contributed by atoms with Crippen LogP contribution in [0.25, 0.3) is 0 Å². The van der Waals surface area contributed by atoms with Crippen molar-refractivity contribution < 1.29 is 50.0 Å². The van der Waals surface area contributed by atoms with E-state index in [0.717, 1.165) is 0 Å². The van der Waals surface area contributed by atoms with Gasteiger partial charge >= 0.3 is 0 Å². The summed E-state index contributed by atoms with van der Waals surface area (Å²) in [4.78, 5) is 0. The molecule has 2 saturated heterocycles. The number of halogens is 1. The molecule has 11 heteroatoms. The van der Waals surface area contributed by atoms with E-state index in [1.165, 1.54) is 0 Å². The molecule has 0 aromatic rings. The van der Waals surface area contributed by atoms with Gasteiger partial charge in [-0.1, -0.05) is 0 Å². The highest BCUT2D eigenvalue weighted by Crippen LogP contribution is 2.31. The van der Waals surface area contributed by atoms with E-state index in [9.17, 15) is 25.5 Å². The van der Waals surface area contributed by atoms with Crippen molar-refractivity contribution in [1.82, 2.24) is 0 Å². The summed E-state index contributed by atoms with van der Waals surface area (Å²) in [6.07, 6.45) is -10.00. The van der Waals surface area contributed by atoms with Crippen LogP contribution in [0.4, 0.5) is 0 Å². The number of aliphatic hydroxyl groups is 7. The van der Waals surface area contributed by atoms with Crippen molar-refractivity contribution in [3.63, 3.8) is 0 Å². The van der Waals surface area contributed by atoms with Gasteiger partial charge in [0.15, 0.2) is 6.29 Å². The second kappa shape index (κ2) is 7.42. The molecule has 0 saturated carbocycles. The molecule has 136 valence electrons. The van der Waals surface area contributed by atoms with Crippen LogP contribution in [0.5, 0.6) is 0 Å². The summed E-state index contributed by atoms with van der Waals surface area (Å²) < 4.78 is 15.2. The van der Waals surface area contributed by atoms with Crippen molar-refractivity contribution in [2.45, 2.75) is 54.1 Å². The first-order valence-electron chi connectivity index (χ1n) is 7.00. The SMILES string of the molecule is OC[C@H]1O[C@](O)(CO[C@@H]2O[C@H](CO)[C@H](Cl)[C@H](O)[C@H]2O)[C@@H](O)[C@@H]1O. The van der Waals surface area contributed by atoms with Gasteiger partial charge in [0.25, 0.3) is 0 Å². The summed E-state index contributed by atoms with van der Waals surface area (Å²) in [7, 11) is 0. The zero-order chi connectivity index (χ0) is 17.4. The molecule has 2 aliphatic rings. The Morgan fingerprint density at radius 3 is 2.09 bits per heavy atom. The average molecular weight is 361 g/mol. The maximum Gasteiger partial charge on any atom is 0.219 e. The van der Waals surface area contributed by atoms with Crippen LogP contribution in [0.2, 0.25) is 0 Å². The van der Waals surface area contributed by atoms with Gasteiger partial charge < -0.3 is 50.0 Å². The fraction of sp³-hybridized carbons (Fsp3) is 1.00. The van der Waals surface area contributed by atoms with Crippen molar-refractivity contribution >= 4 is 11.6 Å². The van der Waals surface area contributed by atoms with Gasteiger partial charge in [-0.05, 0) is 0 Å². The third-order valence-corrected chi connectivity index (χ3v) is 4.49. The van der Waals surface area contributed by atoms with E-state index in [2.05, 4.69) is 0 Å². The highest BCUT2D eigenvalue weighted by molar-refractivity contribution is 6.21. The van der Waals surface area contributed by atoms with Gasteiger partial charge in [-0.25, -0.2) is 0 Å². The van der Waals surface area contributed by atoms with Crippen LogP contribution in [0.3, 0.4) is 0 Å². The third-order valence-electron chi connectivity index (χ3n) is 3.96. The highest BCUT2D eigenvalue weighted by atomic mass is 35.5. The van der Waals surface area contributed by atoms with Gasteiger partial charge in [0.1, 0.15) is 43.2 Å². The molecule has 2 rings (SSSR count). The first-order valence-corrected chi connectivity index (χ1v) is 7.44. The number of rotatable bonds is 5. The second-order valence-corrected chi connectivity index (χ2v) is 6.09. The van der Waals surface area contributed by atoms with Crippen molar-refractivity contribution in [3.8, 4) is 0 Å². The lowest BCUT2D eigenvalue weighted by Crippen LogP contribution is -2.58. The van der Waals surface area contributed by atoms with E-state index in [1.54, 1.807) is 0 Å². The van der Waals surface area contributed by atoms with E-state index in [-0.39, 0.29) is 0 Å². The van der Waals surface area contributed by atoms with Crippen LogP contribution in [-0.4, -0.2) is 110 Å². The zero-order valence-corrected chi connectivity index (χ0v) is 12.7. The molecule has 0 bridgehead atoms. The molecule has 7 N–H and O–H groups in total. The van der Waals surface area contributed by atoms with Crippen LogP contribution < -0.4 is 0 Å². The molecular weight excluding hydrogens is 340 g/mol. The van der Waals surface area contributed by atoms with Gasteiger partial charge in [0, 0.05) is 0 Å². The van der Waals surface area contributed by atoms with Gasteiger partial charge in [0.05, 0.1) is 18.6 Å². The second-order valence-electron chi connectivity index (χ2n) is 5.58. The topological polar surface area (TPSA) is 169 Å². The summed E-state index contributed by atoms with van der Waals surface area (Å²) in [5, 5.41) is 66.2. The van der Waals surface area contributed by atoms with Crippen molar-refractivity contribution in [2.24, 2.45) is 0 Å². The van der Waals surface area contributed by atoms with Crippen LogP contribution >= 0.6 is 11.6 Å². The lowest BCUT2D eigenvalue weighted by atomic mass is 10.0. The lowest BCUT2D eigenvalue weighted by Gasteiger charge is -2.40. The Labute approximate surface area is 136 Å². The van der Waals surface area contributed by atoms with Crippen LogP contribution in [0.15, 0.2) is 0 Å².